The van der Waals surface area contributed by atoms with Crippen LogP contribution in [-0.4, -0.2) is 49.1 Å². The van der Waals surface area contributed by atoms with Crippen LogP contribution in [0.4, 0.5) is 11.4 Å². The maximum Gasteiger partial charge on any atom is 0.222 e. The van der Waals surface area contributed by atoms with E-state index in [0.717, 1.165) is 89.1 Å². The first kappa shape index (κ1) is 41.1. The van der Waals surface area contributed by atoms with Gasteiger partial charge in [0.1, 0.15) is 5.75 Å². The number of H-pyrrole nitrogens is 2. The van der Waals surface area contributed by atoms with Crippen LogP contribution >= 0.6 is 0 Å². The Kier molecular flexibility index (Phi) is 10.0. The van der Waals surface area contributed by atoms with Crippen molar-refractivity contribution in [1.82, 2.24) is 19.9 Å². The zero-order chi connectivity index (χ0) is 46.6. The molecule has 4 N–H and O–H groups in total. The number of nitrogens with one attached hydrogen (secondary N) is 2. The highest BCUT2D eigenvalue weighted by Crippen LogP contribution is 2.43. The molecule has 0 saturated heterocycles. The molecule has 9 heteroatoms. The van der Waals surface area contributed by atoms with Gasteiger partial charge in [-0.3, -0.25) is 0 Å². The molecule has 14 bridgehead atoms. The summed E-state index contributed by atoms with van der Waals surface area (Å²) in [4.78, 5) is 28.6. The Hall–Kier alpha value is -9.34. The lowest BCUT2D eigenvalue weighted by atomic mass is 9.94. The van der Waals surface area contributed by atoms with Crippen molar-refractivity contribution >= 4 is 69.5 Å². The summed E-state index contributed by atoms with van der Waals surface area (Å²) in [7, 11) is 1.58. The van der Waals surface area contributed by atoms with Crippen LogP contribution in [0.5, 0.6) is 5.75 Å². The summed E-state index contributed by atoms with van der Waals surface area (Å²) in [6.07, 6.45) is 8.21. The summed E-state index contributed by atoms with van der Waals surface area (Å²) in [5, 5.41) is 24.4. The molecule has 330 valence electrons. The van der Waals surface area contributed by atoms with Gasteiger partial charge in [0.25, 0.3) is 0 Å². The Morgan fingerprint density at radius 3 is 1.25 bits per heavy atom. The zero-order valence-electron chi connectivity index (χ0n) is 37.6. The minimum Gasteiger partial charge on any atom is -0.495 e. The van der Waals surface area contributed by atoms with E-state index in [-0.39, 0.29) is 11.8 Å². The SMILES string of the molecule is COc1c2cccc1-c1cccc(c1C)C(O)=Nc1ccccc1-c1c3nc(c(-c4ccccc4)c4ccc([nH]4)c(c4nc(c(-c5ccccc5)c5ccc1[nH]5)C=C4)-c1ccccc1N=C2O)C=C3. The number of aliphatic hydroxyl groups excluding tert-OH is 2. The highest BCUT2D eigenvalue weighted by Gasteiger charge is 2.23. The molecule has 4 aliphatic rings. The number of benzene rings is 6. The number of aliphatic imine (C=N–C) groups is 2. The van der Waals surface area contributed by atoms with Crippen LogP contribution in [0.2, 0.25) is 0 Å². The van der Waals surface area contributed by atoms with Crippen molar-refractivity contribution in [3.8, 4) is 61.4 Å². The van der Waals surface area contributed by atoms with Gasteiger partial charge in [0.2, 0.25) is 11.8 Å². The number of aromatic amines is 2. The molecule has 0 spiro atoms. The van der Waals surface area contributed by atoms with Crippen molar-refractivity contribution in [3.63, 3.8) is 0 Å². The third kappa shape index (κ3) is 7.12. The molecule has 0 atom stereocenters. The lowest BCUT2D eigenvalue weighted by Gasteiger charge is -2.16. The van der Waals surface area contributed by atoms with Crippen LogP contribution in [0, 0.1) is 6.92 Å². The second kappa shape index (κ2) is 16.8. The minimum absolute atomic E-state index is 0.163. The van der Waals surface area contributed by atoms with E-state index in [0.29, 0.717) is 45.2 Å². The molecule has 0 aliphatic carbocycles. The summed E-state index contributed by atoms with van der Waals surface area (Å²) in [6.45, 7) is 1.95. The van der Waals surface area contributed by atoms with Gasteiger partial charge in [0, 0.05) is 66.6 Å². The molecular formula is C60H42N6O3. The Balaban J connectivity index is 1.30. The third-order valence-corrected chi connectivity index (χ3v) is 13.0. The first-order valence-electron chi connectivity index (χ1n) is 22.7. The van der Waals surface area contributed by atoms with Gasteiger partial charge in [-0.2, -0.15) is 0 Å². The van der Waals surface area contributed by atoms with Crippen LogP contribution in [-0.2, 0) is 0 Å². The number of hydrogen-bond donors (Lipinski definition) is 4. The summed E-state index contributed by atoms with van der Waals surface area (Å²) in [6, 6.07) is 55.7. The van der Waals surface area contributed by atoms with Gasteiger partial charge in [0.15, 0.2) is 0 Å². The number of hydrogen-bond acceptors (Lipinski definition) is 5. The topological polar surface area (TPSA) is 132 Å². The fraction of sp³-hybridized carbons (Fsp3) is 0.0333. The summed E-state index contributed by atoms with van der Waals surface area (Å²) >= 11 is 0. The number of nitrogens with zero attached hydrogens (tertiary/aromatic N) is 4. The smallest absolute Gasteiger partial charge is 0.222 e. The van der Waals surface area contributed by atoms with Crippen molar-refractivity contribution in [2.24, 2.45) is 9.98 Å². The summed E-state index contributed by atoms with van der Waals surface area (Å²) in [5.74, 6) is 0.0290. The molecule has 0 saturated carbocycles. The Morgan fingerprint density at radius 1 is 0.377 bits per heavy atom. The van der Waals surface area contributed by atoms with Crippen molar-refractivity contribution in [3.05, 3.63) is 209 Å². The van der Waals surface area contributed by atoms with E-state index in [1.165, 1.54) is 0 Å². The lowest BCUT2D eigenvalue weighted by Crippen LogP contribution is -2.06. The lowest BCUT2D eigenvalue weighted by molar-refractivity contribution is 0.413. The van der Waals surface area contributed by atoms with E-state index < -0.39 is 0 Å². The fourth-order valence-corrected chi connectivity index (χ4v) is 9.82. The Bertz CT molecular complexity index is 3820. The number of aliphatic hydroxyl groups is 2. The molecule has 3 aromatic heterocycles. The minimum atomic E-state index is -0.234. The second-order valence-electron chi connectivity index (χ2n) is 17.0. The van der Waals surface area contributed by atoms with Gasteiger partial charge >= 0.3 is 0 Å². The fourth-order valence-electron chi connectivity index (χ4n) is 9.82. The number of rotatable bonds is 3. The molecule has 9 nitrogen and oxygen atoms in total. The number of para-hydroxylation sites is 3. The molecule has 0 amide bonds. The normalized spacial score (nSPS) is 12.7. The largest absolute Gasteiger partial charge is 0.495 e. The van der Waals surface area contributed by atoms with E-state index in [4.69, 9.17) is 24.7 Å². The predicted molar refractivity (Wildman–Crippen MR) is 281 cm³/mol. The van der Waals surface area contributed by atoms with E-state index in [2.05, 4.69) is 76.7 Å². The monoisotopic (exact) mass is 894 g/mol. The van der Waals surface area contributed by atoms with Gasteiger partial charge in [0.05, 0.1) is 46.8 Å². The maximum atomic E-state index is 12.2. The molecule has 69 heavy (non-hydrogen) atoms. The van der Waals surface area contributed by atoms with Crippen LogP contribution in [0.1, 0.15) is 39.5 Å². The molecule has 0 fully saturated rings. The number of ether oxygens (including phenoxy) is 1. The molecule has 9 aromatic rings. The first-order valence-corrected chi connectivity index (χ1v) is 22.7. The van der Waals surface area contributed by atoms with Crippen LogP contribution < -0.4 is 4.74 Å². The van der Waals surface area contributed by atoms with Gasteiger partial charge < -0.3 is 24.9 Å². The summed E-state index contributed by atoms with van der Waals surface area (Å²) < 4.78 is 6.11. The number of aromatic nitrogens is 4. The quantitative estimate of drug-likeness (QED) is 0.140. The zero-order valence-corrected chi connectivity index (χ0v) is 37.6. The van der Waals surface area contributed by atoms with Crippen molar-refractivity contribution in [1.29, 1.82) is 0 Å². The average Bonchev–Trinajstić information content (AvgIpc) is 4.24. The third-order valence-electron chi connectivity index (χ3n) is 13.0. The average molecular weight is 895 g/mol. The molecule has 7 heterocycles. The number of methoxy groups -OCH3 is 1. The Morgan fingerprint density at radius 2 is 0.754 bits per heavy atom. The van der Waals surface area contributed by atoms with Gasteiger partial charge in [-0.1, -0.05) is 121 Å². The van der Waals surface area contributed by atoms with Crippen molar-refractivity contribution < 1.29 is 14.9 Å². The van der Waals surface area contributed by atoms with E-state index in [1.807, 2.05) is 128 Å². The highest BCUT2D eigenvalue weighted by molar-refractivity contribution is 6.06. The predicted octanol–water partition coefficient (Wildman–Crippen LogP) is 14.9. The molecule has 0 radical (unpaired) electrons. The molecule has 6 aromatic carbocycles. The molecule has 13 rings (SSSR count). The van der Waals surface area contributed by atoms with E-state index >= 15 is 0 Å². The Labute approximate surface area is 397 Å². The maximum absolute atomic E-state index is 12.2. The molecule has 0 unspecified atom stereocenters. The van der Waals surface area contributed by atoms with Crippen molar-refractivity contribution in [2.45, 2.75) is 6.92 Å². The van der Waals surface area contributed by atoms with Gasteiger partial charge in [-0.15, -0.1) is 0 Å². The molecule has 4 aliphatic heterocycles. The standard InChI is InChI=1S/C60H42N6O3/c1-35-38-21-13-22-39(35)59(67)65-44-25-11-9-19-41(44)56-50-31-27-46(61-50)54(36-15-5-3-6-16-36)48-29-33-52(63-48)57(42-20-10-12-26-45(42)66-60(68)43-24-14-23-40(38)58(43)69-2)53-34-30-49(64-53)55(37-17-7-4-8-18-37)47-28-32-51(56)62-47/h3-34,61,64H,1-2H3,(H,65,67)(H,66,68). The van der Waals surface area contributed by atoms with E-state index in [1.54, 1.807) is 13.2 Å². The van der Waals surface area contributed by atoms with E-state index in [9.17, 15) is 10.2 Å². The highest BCUT2D eigenvalue weighted by atomic mass is 16.5. The first-order chi connectivity index (χ1) is 33.9. The van der Waals surface area contributed by atoms with Crippen molar-refractivity contribution in [2.75, 3.05) is 7.11 Å². The summed E-state index contributed by atoms with van der Waals surface area (Å²) in [5.41, 5.74) is 17.3. The van der Waals surface area contributed by atoms with Crippen LogP contribution in [0.15, 0.2) is 180 Å². The van der Waals surface area contributed by atoms with Crippen LogP contribution in [0.3, 0.4) is 0 Å². The van der Waals surface area contributed by atoms with Gasteiger partial charge in [-0.25, -0.2) is 20.0 Å². The molecular weight excluding hydrogens is 853 g/mol. The van der Waals surface area contributed by atoms with Gasteiger partial charge in [-0.05, 0) is 102 Å². The second-order valence-corrected chi connectivity index (χ2v) is 17.0. The van der Waals surface area contributed by atoms with Crippen LogP contribution in [0.25, 0.3) is 102 Å².